The molecule has 1 amide bonds. The molecule has 1 aromatic carbocycles. The summed E-state index contributed by atoms with van der Waals surface area (Å²) in [5.74, 6) is -3.22. The smallest absolute Gasteiger partial charge is 0.372 e. The van der Waals surface area contributed by atoms with Crippen LogP contribution in [-0.2, 0) is 20.9 Å². The number of halogens is 1. The van der Waals surface area contributed by atoms with E-state index >= 15 is 0 Å². The van der Waals surface area contributed by atoms with Gasteiger partial charge in [0.2, 0.25) is 11.7 Å². The maximum absolute atomic E-state index is 11.8. The van der Waals surface area contributed by atoms with Gasteiger partial charge in [0.1, 0.15) is 0 Å². The Labute approximate surface area is 129 Å². The highest BCUT2D eigenvalue weighted by Gasteiger charge is 2.20. The number of amides is 1. The molecule has 7 heteroatoms. The van der Waals surface area contributed by atoms with Gasteiger partial charge < -0.3 is 10.0 Å². The van der Waals surface area contributed by atoms with Crippen molar-refractivity contribution in [3.05, 3.63) is 34.2 Å². The minimum Gasteiger partial charge on any atom is -0.475 e. The van der Waals surface area contributed by atoms with E-state index in [0.29, 0.717) is 11.6 Å². The molecule has 5 nitrogen and oxygen atoms in total. The molecule has 2 aromatic rings. The first-order chi connectivity index (χ1) is 9.88. The molecule has 2 rings (SSSR count). The van der Waals surface area contributed by atoms with Gasteiger partial charge in [-0.15, -0.1) is 11.3 Å². The fourth-order valence-electron chi connectivity index (χ4n) is 1.87. The number of carbonyl (C=O) groups is 3. The number of fused-ring (bicyclic) bond motifs is 1. The molecule has 110 valence electrons. The molecule has 0 radical (unpaired) electrons. The number of thiophene rings is 1. The minimum absolute atomic E-state index is 0.298. The van der Waals surface area contributed by atoms with Crippen LogP contribution in [0.2, 0.25) is 5.02 Å². The summed E-state index contributed by atoms with van der Waals surface area (Å²) in [6.45, 7) is 0.298. The Bertz CT molecular complexity index is 725. The molecular formula is C14H12ClNO4S. The molecule has 1 heterocycles. The van der Waals surface area contributed by atoms with Gasteiger partial charge in [0, 0.05) is 23.3 Å². The summed E-state index contributed by atoms with van der Waals surface area (Å²) < 4.78 is 1.05. The number of benzene rings is 1. The first-order valence-corrected chi connectivity index (χ1v) is 7.30. The Hall–Kier alpha value is -1.92. The molecule has 0 spiro atoms. The lowest BCUT2D eigenvalue weighted by Gasteiger charge is -2.16. The number of aliphatic carboxylic acids is 1. The van der Waals surface area contributed by atoms with E-state index in [9.17, 15) is 14.4 Å². The normalized spacial score (nSPS) is 10.6. The summed E-state index contributed by atoms with van der Waals surface area (Å²) in [6.07, 6.45) is -0.630. The quantitative estimate of drug-likeness (QED) is 0.677. The highest BCUT2D eigenvalue weighted by molar-refractivity contribution is 7.17. The topological polar surface area (TPSA) is 74.7 Å². The molecule has 1 aromatic heterocycles. The number of hydrogen-bond acceptors (Lipinski definition) is 4. The van der Waals surface area contributed by atoms with Crippen molar-refractivity contribution in [3.8, 4) is 0 Å². The molecule has 0 fully saturated rings. The Kier molecular flexibility index (Phi) is 4.59. The van der Waals surface area contributed by atoms with Crippen molar-refractivity contribution >= 4 is 50.7 Å². The van der Waals surface area contributed by atoms with E-state index in [1.807, 2.05) is 17.5 Å². The number of carbonyl (C=O) groups excluding carboxylic acids is 2. The summed E-state index contributed by atoms with van der Waals surface area (Å²) in [6, 6.07) is 5.52. The Morgan fingerprint density at radius 3 is 2.71 bits per heavy atom. The van der Waals surface area contributed by atoms with Gasteiger partial charge in [0.15, 0.2) is 0 Å². The van der Waals surface area contributed by atoms with Crippen molar-refractivity contribution in [1.29, 1.82) is 0 Å². The van der Waals surface area contributed by atoms with Crippen molar-refractivity contribution in [2.75, 3.05) is 7.05 Å². The van der Waals surface area contributed by atoms with Gasteiger partial charge in [0.05, 0.1) is 6.42 Å². The summed E-state index contributed by atoms with van der Waals surface area (Å²) in [7, 11) is 1.53. The summed E-state index contributed by atoms with van der Waals surface area (Å²) >= 11 is 7.50. The predicted molar refractivity (Wildman–Crippen MR) is 80.6 cm³/mol. The second-order valence-corrected chi connectivity index (χ2v) is 5.90. The molecule has 1 N–H and O–H groups in total. The number of nitrogens with zero attached hydrogens (tertiary/aromatic N) is 1. The first kappa shape index (κ1) is 15.5. The number of rotatable bonds is 5. The third-order valence-electron chi connectivity index (χ3n) is 3.00. The molecule has 0 aliphatic rings. The molecule has 0 aliphatic carbocycles. The van der Waals surface area contributed by atoms with Crippen molar-refractivity contribution in [3.63, 3.8) is 0 Å². The molecular weight excluding hydrogens is 314 g/mol. The Morgan fingerprint density at radius 1 is 1.33 bits per heavy atom. The van der Waals surface area contributed by atoms with Crippen molar-refractivity contribution < 1.29 is 19.5 Å². The van der Waals surface area contributed by atoms with Crippen LogP contribution in [0.4, 0.5) is 0 Å². The molecule has 0 aliphatic heterocycles. The van der Waals surface area contributed by atoms with E-state index in [1.165, 1.54) is 23.3 Å². The van der Waals surface area contributed by atoms with Crippen LogP contribution in [0.25, 0.3) is 10.1 Å². The largest absolute Gasteiger partial charge is 0.475 e. The van der Waals surface area contributed by atoms with Crippen LogP contribution in [-0.4, -0.2) is 34.7 Å². The second kappa shape index (κ2) is 6.24. The number of carboxylic acids is 1. The zero-order valence-electron chi connectivity index (χ0n) is 11.1. The van der Waals surface area contributed by atoms with Gasteiger partial charge >= 0.3 is 5.97 Å². The average molecular weight is 326 g/mol. The minimum atomic E-state index is -1.59. The fourth-order valence-corrected chi connectivity index (χ4v) is 2.97. The van der Waals surface area contributed by atoms with Gasteiger partial charge in [0.25, 0.3) is 0 Å². The highest BCUT2D eigenvalue weighted by Crippen LogP contribution is 2.29. The van der Waals surface area contributed by atoms with Crippen LogP contribution >= 0.6 is 22.9 Å². The second-order valence-electron chi connectivity index (χ2n) is 4.56. The predicted octanol–water partition coefficient (Wildman–Crippen LogP) is 2.56. The Balaban J connectivity index is 2.12. The van der Waals surface area contributed by atoms with Gasteiger partial charge in [-0.1, -0.05) is 11.6 Å². The van der Waals surface area contributed by atoms with Crippen molar-refractivity contribution in [2.45, 2.75) is 13.0 Å². The lowest BCUT2D eigenvalue weighted by molar-refractivity contribution is -0.151. The van der Waals surface area contributed by atoms with Gasteiger partial charge in [-0.2, -0.15) is 0 Å². The molecule has 0 bridgehead atoms. The monoisotopic (exact) mass is 325 g/mol. The standard InChI is InChI=1S/C14H12ClNO4S/c1-16(13(18)5-11(17)14(19)20)6-8-7-21-12-3-2-9(15)4-10(8)12/h2-4,7H,5-6H2,1H3,(H,19,20). The van der Waals surface area contributed by atoms with Gasteiger partial charge in [-0.3, -0.25) is 9.59 Å². The van der Waals surface area contributed by atoms with Crippen LogP contribution in [0.5, 0.6) is 0 Å². The van der Waals surface area contributed by atoms with Gasteiger partial charge in [-0.05, 0) is 34.5 Å². The lowest BCUT2D eigenvalue weighted by atomic mass is 10.1. The molecule has 0 unspecified atom stereocenters. The van der Waals surface area contributed by atoms with Gasteiger partial charge in [-0.25, -0.2) is 4.79 Å². The number of carboxylic acid groups (broad SMARTS) is 1. The van der Waals surface area contributed by atoms with Crippen LogP contribution < -0.4 is 0 Å². The van der Waals surface area contributed by atoms with E-state index in [1.54, 1.807) is 6.07 Å². The maximum atomic E-state index is 11.8. The van der Waals surface area contributed by atoms with Crippen LogP contribution in [0, 0.1) is 0 Å². The van der Waals surface area contributed by atoms with E-state index in [2.05, 4.69) is 0 Å². The summed E-state index contributed by atoms with van der Waals surface area (Å²) in [5, 5.41) is 12.0. The van der Waals surface area contributed by atoms with Crippen molar-refractivity contribution in [2.24, 2.45) is 0 Å². The number of ketones is 1. The number of hydrogen-bond donors (Lipinski definition) is 1. The zero-order chi connectivity index (χ0) is 15.6. The third kappa shape index (κ3) is 3.59. The van der Waals surface area contributed by atoms with E-state index < -0.39 is 24.1 Å². The fraction of sp³-hybridized carbons (Fsp3) is 0.214. The van der Waals surface area contributed by atoms with E-state index in [4.69, 9.17) is 16.7 Å². The first-order valence-electron chi connectivity index (χ1n) is 6.04. The summed E-state index contributed by atoms with van der Waals surface area (Å²) in [4.78, 5) is 34.7. The summed E-state index contributed by atoms with van der Waals surface area (Å²) in [5.41, 5.74) is 0.913. The molecule has 21 heavy (non-hydrogen) atoms. The lowest BCUT2D eigenvalue weighted by Crippen LogP contribution is -2.30. The molecule has 0 saturated heterocycles. The highest BCUT2D eigenvalue weighted by atomic mass is 35.5. The zero-order valence-corrected chi connectivity index (χ0v) is 12.7. The average Bonchev–Trinajstić information content (AvgIpc) is 2.81. The van der Waals surface area contributed by atoms with E-state index in [0.717, 1.165) is 15.6 Å². The maximum Gasteiger partial charge on any atom is 0.372 e. The van der Waals surface area contributed by atoms with Crippen LogP contribution in [0.15, 0.2) is 23.6 Å². The Morgan fingerprint density at radius 2 is 2.05 bits per heavy atom. The molecule has 0 saturated carbocycles. The van der Waals surface area contributed by atoms with Crippen LogP contribution in [0.1, 0.15) is 12.0 Å². The third-order valence-corrected chi connectivity index (χ3v) is 4.25. The van der Waals surface area contributed by atoms with Crippen LogP contribution in [0.3, 0.4) is 0 Å². The number of Topliss-reactive ketones (excluding diaryl/α,β-unsaturated/α-hetero) is 1. The van der Waals surface area contributed by atoms with Crippen molar-refractivity contribution in [1.82, 2.24) is 4.90 Å². The SMILES string of the molecule is CN(Cc1csc2ccc(Cl)cc12)C(=O)CC(=O)C(=O)O. The van der Waals surface area contributed by atoms with E-state index in [-0.39, 0.29) is 0 Å². The molecule has 0 atom stereocenters.